The molecule has 0 saturated carbocycles. The Morgan fingerprint density at radius 2 is 1.97 bits per heavy atom. The highest BCUT2D eigenvalue weighted by molar-refractivity contribution is 5.97. The summed E-state index contributed by atoms with van der Waals surface area (Å²) in [5, 5.41) is 29.0. The van der Waals surface area contributed by atoms with Gasteiger partial charge in [0.25, 0.3) is 0 Å². The molecular formula is C22H26N6O2. The summed E-state index contributed by atoms with van der Waals surface area (Å²) in [6, 6.07) is 11.5. The third-order valence-electron chi connectivity index (χ3n) is 5.15. The third kappa shape index (κ3) is 4.05. The van der Waals surface area contributed by atoms with E-state index in [0.717, 1.165) is 35.6 Å². The number of nitrogens with zero attached hydrogens (tertiary/aromatic N) is 3. The molecule has 1 aliphatic rings. The molecule has 4 N–H and O–H groups in total. The lowest BCUT2D eigenvalue weighted by atomic mass is 9.88. The molecule has 2 aromatic heterocycles. The molecule has 0 aliphatic carbocycles. The van der Waals surface area contributed by atoms with Gasteiger partial charge in [-0.15, -0.1) is 0 Å². The first-order valence-electron chi connectivity index (χ1n) is 9.94. The summed E-state index contributed by atoms with van der Waals surface area (Å²) < 4.78 is 5.49. The van der Waals surface area contributed by atoms with E-state index in [-0.39, 0.29) is 0 Å². The summed E-state index contributed by atoms with van der Waals surface area (Å²) in [5.41, 5.74) is 2.10. The van der Waals surface area contributed by atoms with Gasteiger partial charge in [0.05, 0.1) is 25.0 Å². The smallest absolute Gasteiger partial charge is 0.143 e. The zero-order valence-electron chi connectivity index (χ0n) is 17.1. The van der Waals surface area contributed by atoms with Crippen LogP contribution in [0.2, 0.25) is 0 Å². The van der Waals surface area contributed by atoms with Crippen molar-refractivity contribution in [3.05, 3.63) is 53.7 Å². The maximum Gasteiger partial charge on any atom is 0.143 e. The summed E-state index contributed by atoms with van der Waals surface area (Å²) in [5.74, 6) is 2.04. The molecule has 0 spiro atoms. The molecule has 1 saturated heterocycles. The maximum atomic E-state index is 10.8. The Balaban J connectivity index is 1.91. The summed E-state index contributed by atoms with van der Waals surface area (Å²) in [6.45, 7) is 6.31. The van der Waals surface area contributed by atoms with Gasteiger partial charge in [0.2, 0.25) is 0 Å². The van der Waals surface area contributed by atoms with Crippen molar-refractivity contribution in [2.24, 2.45) is 0 Å². The summed E-state index contributed by atoms with van der Waals surface area (Å²) >= 11 is 0. The van der Waals surface area contributed by atoms with Gasteiger partial charge in [0.1, 0.15) is 17.5 Å². The number of nitrogens with one attached hydrogen (secondary N) is 3. The van der Waals surface area contributed by atoms with Crippen LogP contribution in [0.15, 0.2) is 42.6 Å². The molecule has 8 nitrogen and oxygen atoms in total. The Morgan fingerprint density at radius 1 is 1.20 bits per heavy atom. The molecule has 1 aliphatic heterocycles. The average molecular weight is 406 g/mol. The predicted molar refractivity (Wildman–Crippen MR) is 118 cm³/mol. The highest BCUT2D eigenvalue weighted by Gasteiger charge is 2.24. The number of ether oxygens (including phenoxy) is 1. The van der Waals surface area contributed by atoms with E-state index in [9.17, 15) is 5.11 Å². The molecule has 156 valence electrons. The zero-order chi connectivity index (χ0) is 21.1. The standard InChI is InChI=1S/C22H26N6O2/c1-22(2,29)18-6-4-3-5-15(18)16-13-20(28-9-11-30-12-10-28)26-21(17(16)14-23)25-19-7-8-24-27-19/h3-8,13-14,23,29H,9-12H2,1-2H3,(H2,24,25,26,27). The number of pyridine rings is 1. The van der Waals surface area contributed by atoms with E-state index in [1.165, 1.54) is 6.21 Å². The highest BCUT2D eigenvalue weighted by atomic mass is 16.5. The van der Waals surface area contributed by atoms with Crippen LogP contribution < -0.4 is 10.2 Å². The van der Waals surface area contributed by atoms with Crippen LogP contribution in [-0.2, 0) is 10.3 Å². The van der Waals surface area contributed by atoms with Crippen molar-refractivity contribution >= 4 is 23.7 Å². The van der Waals surface area contributed by atoms with Crippen LogP contribution in [0.25, 0.3) is 11.1 Å². The van der Waals surface area contributed by atoms with Crippen LogP contribution >= 0.6 is 0 Å². The Labute approximate surface area is 175 Å². The average Bonchev–Trinajstić information content (AvgIpc) is 3.26. The predicted octanol–water partition coefficient (Wildman–Crippen LogP) is 3.28. The number of hydrogen-bond acceptors (Lipinski definition) is 7. The SMILES string of the molecule is CC(C)(O)c1ccccc1-c1cc(N2CCOCC2)nc(Nc2ccn[nH]2)c1C=N. The third-order valence-corrected chi connectivity index (χ3v) is 5.15. The van der Waals surface area contributed by atoms with E-state index < -0.39 is 5.60 Å². The van der Waals surface area contributed by atoms with Crippen molar-refractivity contribution in [3.63, 3.8) is 0 Å². The van der Waals surface area contributed by atoms with Gasteiger partial charge < -0.3 is 25.5 Å². The van der Waals surface area contributed by atoms with E-state index in [1.54, 1.807) is 26.1 Å². The van der Waals surface area contributed by atoms with Crippen LogP contribution in [0.5, 0.6) is 0 Å². The fourth-order valence-corrected chi connectivity index (χ4v) is 3.66. The molecule has 1 fully saturated rings. The number of hydrogen-bond donors (Lipinski definition) is 4. The largest absolute Gasteiger partial charge is 0.386 e. The number of aromatic amines is 1. The number of aromatic nitrogens is 3. The minimum absolute atomic E-state index is 0.554. The van der Waals surface area contributed by atoms with E-state index in [4.69, 9.17) is 15.1 Å². The highest BCUT2D eigenvalue weighted by Crippen LogP contribution is 2.37. The molecular weight excluding hydrogens is 380 g/mol. The van der Waals surface area contributed by atoms with Gasteiger partial charge in [-0.25, -0.2) is 4.98 Å². The van der Waals surface area contributed by atoms with E-state index in [0.29, 0.717) is 30.4 Å². The molecule has 0 amide bonds. The normalized spacial score (nSPS) is 14.6. The van der Waals surface area contributed by atoms with Crippen molar-refractivity contribution in [2.75, 3.05) is 36.5 Å². The Hall–Kier alpha value is -3.23. The first-order valence-corrected chi connectivity index (χ1v) is 9.94. The number of rotatable bonds is 6. The number of anilines is 3. The van der Waals surface area contributed by atoms with Gasteiger partial charge in [-0.1, -0.05) is 24.3 Å². The van der Waals surface area contributed by atoms with Crippen LogP contribution in [-0.4, -0.2) is 52.8 Å². The molecule has 1 aromatic carbocycles. The lowest BCUT2D eigenvalue weighted by Crippen LogP contribution is -2.37. The molecule has 0 bridgehead atoms. The minimum Gasteiger partial charge on any atom is -0.386 e. The van der Waals surface area contributed by atoms with Crippen LogP contribution in [0.3, 0.4) is 0 Å². The molecule has 8 heteroatoms. The minimum atomic E-state index is -1.03. The Morgan fingerprint density at radius 3 is 2.63 bits per heavy atom. The monoisotopic (exact) mass is 406 g/mol. The van der Waals surface area contributed by atoms with Crippen LogP contribution in [0.1, 0.15) is 25.0 Å². The van der Waals surface area contributed by atoms with E-state index in [2.05, 4.69) is 20.4 Å². The van der Waals surface area contributed by atoms with Gasteiger partial charge in [0, 0.05) is 30.9 Å². The quantitative estimate of drug-likeness (QED) is 0.468. The maximum absolute atomic E-state index is 10.8. The van der Waals surface area contributed by atoms with Gasteiger partial charge in [0.15, 0.2) is 0 Å². The lowest BCUT2D eigenvalue weighted by molar-refractivity contribution is 0.0792. The van der Waals surface area contributed by atoms with Gasteiger partial charge in [-0.05, 0) is 36.6 Å². The van der Waals surface area contributed by atoms with Gasteiger partial charge in [-0.2, -0.15) is 5.10 Å². The number of morpholine rings is 1. The van der Waals surface area contributed by atoms with Crippen molar-refractivity contribution < 1.29 is 9.84 Å². The Bertz CT molecular complexity index is 1020. The second-order valence-corrected chi connectivity index (χ2v) is 7.73. The van der Waals surface area contributed by atoms with Crippen LogP contribution in [0, 0.1) is 5.41 Å². The molecule has 0 unspecified atom stereocenters. The second-order valence-electron chi connectivity index (χ2n) is 7.73. The lowest BCUT2D eigenvalue weighted by Gasteiger charge is -2.30. The number of benzene rings is 1. The van der Waals surface area contributed by atoms with E-state index in [1.807, 2.05) is 30.3 Å². The molecule has 30 heavy (non-hydrogen) atoms. The zero-order valence-corrected chi connectivity index (χ0v) is 17.1. The summed E-state index contributed by atoms with van der Waals surface area (Å²) in [6.07, 6.45) is 2.95. The number of aliphatic hydroxyl groups is 1. The topological polar surface area (TPSA) is 110 Å². The first kappa shape index (κ1) is 20.1. The fraction of sp³-hybridized carbons (Fsp3) is 0.318. The van der Waals surface area contributed by atoms with Crippen molar-refractivity contribution in [1.29, 1.82) is 5.41 Å². The van der Waals surface area contributed by atoms with E-state index >= 15 is 0 Å². The summed E-state index contributed by atoms with van der Waals surface area (Å²) in [7, 11) is 0. The van der Waals surface area contributed by atoms with Crippen molar-refractivity contribution in [2.45, 2.75) is 19.4 Å². The molecule has 3 aromatic rings. The molecule has 0 radical (unpaired) electrons. The van der Waals surface area contributed by atoms with Crippen molar-refractivity contribution in [1.82, 2.24) is 15.2 Å². The Kier molecular flexibility index (Phi) is 5.52. The first-order chi connectivity index (χ1) is 14.5. The van der Waals surface area contributed by atoms with Crippen LogP contribution in [0.4, 0.5) is 17.5 Å². The molecule has 4 rings (SSSR count). The number of H-pyrrole nitrogens is 1. The summed E-state index contributed by atoms with van der Waals surface area (Å²) in [4.78, 5) is 6.99. The van der Waals surface area contributed by atoms with Crippen molar-refractivity contribution in [3.8, 4) is 11.1 Å². The molecule has 3 heterocycles. The van der Waals surface area contributed by atoms with Gasteiger partial charge >= 0.3 is 0 Å². The second kappa shape index (κ2) is 8.25. The van der Waals surface area contributed by atoms with Gasteiger partial charge in [-0.3, -0.25) is 5.10 Å². The molecule has 0 atom stereocenters. The fourth-order valence-electron chi connectivity index (χ4n) is 3.66.